The van der Waals surface area contributed by atoms with Crippen LogP contribution in [0.25, 0.3) is 0 Å². The van der Waals surface area contributed by atoms with Crippen molar-refractivity contribution in [3.63, 3.8) is 0 Å². The fourth-order valence-electron chi connectivity index (χ4n) is 1.92. The second-order valence-corrected chi connectivity index (χ2v) is 5.79. The first-order valence-corrected chi connectivity index (χ1v) is 7.18. The van der Waals surface area contributed by atoms with Crippen LogP contribution >= 0.6 is 11.8 Å². The Bertz CT molecular complexity index is 322. The number of thioether (sulfide) groups is 1. The third kappa shape index (κ3) is 4.06. The lowest BCUT2D eigenvalue weighted by molar-refractivity contribution is -0.155. The third-order valence-electron chi connectivity index (χ3n) is 3.13. The van der Waals surface area contributed by atoms with E-state index < -0.39 is 17.6 Å². The maximum atomic E-state index is 11.6. The Hall–Kier alpha value is -0.950. The van der Waals surface area contributed by atoms with Gasteiger partial charge in [-0.3, -0.25) is 0 Å². The lowest BCUT2D eigenvalue weighted by atomic mass is 10.1. The van der Waals surface area contributed by atoms with Crippen molar-refractivity contribution in [1.29, 1.82) is 0 Å². The van der Waals surface area contributed by atoms with E-state index in [9.17, 15) is 14.7 Å². The maximum absolute atomic E-state index is 11.6. The fourth-order valence-corrected chi connectivity index (χ4v) is 2.86. The molecule has 104 valence electrons. The zero-order valence-corrected chi connectivity index (χ0v) is 11.4. The van der Waals surface area contributed by atoms with Crippen LogP contribution < -0.4 is 10.6 Å². The zero-order chi connectivity index (χ0) is 13.8. The van der Waals surface area contributed by atoms with Crippen LogP contribution in [0.4, 0.5) is 4.79 Å². The number of urea groups is 1. The van der Waals surface area contributed by atoms with Crippen molar-refractivity contribution in [2.75, 3.05) is 12.8 Å². The first-order valence-electron chi connectivity index (χ1n) is 5.90. The molecule has 0 aromatic heterocycles. The van der Waals surface area contributed by atoms with Crippen molar-refractivity contribution in [1.82, 2.24) is 10.6 Å². The normalized spacial score (nSPS) is 26.4. The largest absolute Gasteiger partial charge is 0.479 e. The molecule has 0 radical (unpaired) electrons. The predicted octanol–water partition coefficient (Wildman–Crippen LogP) is 0.405. The molecule has 3 atom stereocenters. The highest BCUT2D eigenvalue weighted by Gasteiger charge is 2.31. The Labute approximate surface area is 111 Å². The summed E-state index contributed by atoms with van der Waals surface area (Å²) in [5.41, 5.74) is -1.94. The lowest BCUT2D eigenvalue weighted by Crippen LogP contribution is -2.51. The van der Waals surface area contributed by atoms with Crippen LogP contribution in [-0.2, 0) is 4.79 Å². The smallest absolute Gasteiger partial charge is 0.337 e. The van der Waals surface area contributed by atoms with Crippen LogP contribution in [0.15, 0.2) is 0 Å². The minimum atomic E-state index is -1.94. The average molecular weight is 276 g/mol. The third-order valence-corrected chi connectivity index (χ3v) is 4.30. The Morgan fingerprint density at radius 1 is 1.44 bits per heavy atom. The highest BCUT2D eigenvalue weighted by Crippen LogP contribution is 2.28. The average Bonchev–Trinajstić information content (AvgIpc) is 2.73. The first-order chi connectivity index (χ1) is 8.36. The van der Waals surface area contributed by atoms with Crippen molar-refractivity contribution >= 4 is 23.8 Å². The van der Waals surface area contributed by atoms with Crippen LogP contribution in [0.2, 0.25) is 0 Å². The van der Waals surface area contributed by atoms with Gasteiger partial charge in [0.25, 0.3) is 0 Å². The van der Waals surface area contributed by atoms with Crippen molar-refractivity contribution in [3.8, 4) is 0 Å². The highest BCUT2D eigenvalue weighted by molar-refractivity contribution is 7.99. The fraction of sp³-hybridized carbons (Fsp3) is 0.818. The summed E-state index contributed by atoms with van der Waals surface area (Å²) < 4.78 is 0. The molecule has 2 amide bonds. The second kappa shape index (κ2) is 6.29. The molecule has 0 aromatic carbocycles. The Balaban J connectivity index is 2.36. The Morgan fingerprint density at radius 2 is 2.11 bits per heavy atom. The van der Waals surface area contributed by atoms with Gasteiger partial charge in [0.2, 0.25) is 0 Å². The number of aliphatic carboxylic acids is 1. The molecule has 1 rings (SSSR count). The molecule has 0 saturated heterocycles. The standard InChI is InChI=1S/C11H20N2O4S/c1-11(17,9(14)15)6-12-10(16)13-7-4-3-5-8(7)18-2/h7-8,17H,3-6H2,1-2H3,(H,14,15)(H2,12,13,16). The number of nitrogens with one attached hydrogen (secondary N) is 2. The van der Waals surface area contributed by atoms with E-state index in [1.165, 1.54) is 0 Å². The van der Waals surface area contributed by atoms with Crippen molar-refractivity contribution in [3.05, 3.63) is 0 Å². The number of hydrogen-bond acceptors (Lipinski definition) is 4. The molecular formula is C11H20N2O4S. The number of hydrogen-bond donors (Lipinski definition) is 4. The van der Waals surface area contributed by atoms with Gasteiger partial charge in [0, 0.05) is 11.3 Å². The van der Waals surface area contributed by atoms with Crippen molar-refractivity contribution in [2.45, 2.75) is 43.1 Å². The summed E-state index contributed by atoms with van der Waals surface area (Å²) in [5, 5.41) is 23.8. The van der Waals surface area contributed by atoms with Gasteiger partial charge in [0.1, 0.15) is 0 Å². The van der Waals surface area contributed by atoms with Gasteiger partial charge in [-0.2, -0.15) is 11.8 Å². The van der Waals surface area contributed by atoms with E-state index in [4.69, 9.17) is 5.11 Å². The molecule has 0 spiro atoms. The van der Waals surface area contributed by atoms with Gasteiger partial charge in [-0.1, -0.05) is 6.42 Å². The van der Waals surface area contributed by atoms with Crippen LogP contribution in [0, 0.1) is 0 Å². The number of carboxylic acid groups (broad SMARTS) is 1. The van der Waals surface area contributed by atoms with Gasteiger partial charge in [-0.15, -0.1) is 0 Å². The molecule has 0 aliphatic heterocycles. The molecular weight excluding hydrogens is 256 g/mol. The van der Waals surface area contributed by atoms with E-state index in [0.29, 0.717) is 5.25 Å². The molecule has 3 unspecified atom stereocenters. The molecule has 1 fully saturated rings. The molecule has 1 aliphatic rings. The Morgan fingerprint density at radius 3 is 2.67 bits per heavy atom. The highest BCUT2D eigenvalue weighted by atomic mass is 32.2. The van der Waals surface area contributed by atoms with Crippen LogP contribution in [0.1, 0.15) is 26.2 Å². The summed E-state index contributed by atoms with van der Waals surface area (Å²) in [6.45, 7) is 0.834. The van der Waals surface area contributed by atoms with Gasteiger partial charge in [0.15, 0.2) is 5.60 Å². The number of carbonyl (C=O) groups is 2. The van der Waals surface area contributed by atoms with E-state index in [1.807, 2.05) is 6.26 Å². The number of aliphatic hydroxyl groups is 1. The number of rotatable bonds is 5. The molecule has 6 nitrogen and oxygen atoms in total. The predicted molar refractivity (Wildman–Crippen MR) is 69.7 cm³/mol. The molecule has 0 aromatic rings. The van der Waals surface area contributed by atoms with E-state index >= 15 is 0 Å². The molecule has 7 heteroatoms. The molecule has 1 aliphatic carbocycles. The van der Waals surface area contributed by atoms with Gasteiger partial charge < -0.3 is 20.8 Å². The van der Waals surface area contributed by atoms with Crippen molar-refractivity contribution < 1.29 is 19.8 Å². The number of amides is 2. The first kappa shape index (κ1) is 15.1. The monoisotopic (exact) mass is 276 g/mol. The van der Waals surface area contributed by atoms with Crippen molar-refractivity contribution in [2.24, 2.45) is 0 Å². The van der Waals surface area contributed by atoms with Gasteiger partial charge >= 0.3 is 12.0 Å². The molecule has 4 N–H and O–H groups in total. The topological polar surface area (TPSA) is 98.7 Å². The zero-order valence-electron chi connectivity index (χ0n) is 10.6. The van der Waals surface area contributed by atoms with Gasteiger partial charge in [0.05, 0.1) is 6.54 Å². The lowest BCUT2D eigenvalue weighted by Gasteiger charge is -2.22. The molecule has 1 saturated carbocycles. The van der Waals surface area contributed by atoms with Gasteiger partial charge in [-0.25, -0.2) is 9.59 Å². The van der Waals surface area contributed by atoms with E-state index in [1.54, 1.807) is 11.8 Å². The summed E-state index contributed by atoms with van der Waals surface area (Å²) in [4.78, 5) is 22.2. The minimum absolute atomic E-state index is 0.120. The van der Waals surface area contributed by atoms with Gasteiger partial charge in [-0.05, 0) is 26.0 Å². The van der Waals surface area contributed by atoms with E-state index in [2.05, 4.69) is 10.6 Å². The maximum Gasteiger partial charge on any atom is 0.337 e. The quantitative estimate of drug-likeness (QED) is 0.583. The summed E-state index contributed by atoms with van der Waals surface area (Å²) in [5.74, 6) is -1.36. The summed E-state index contributed by atoms with van der Waals surface area (Å²) >= 11 is 1.73. The molecule has 18 heavy (non-hydrogen) atoms. The summed E-state index contributed by atoms with van der Waals surface area (Å²) in [6, 6.07) is -0.308. The van der Waals surface area contributed by atoms with E-state index in [0.717, 1.165) is 26.2 Å². The Kier molecular flexibility index (Phi) is 5.28. The summed E-state index contributed by atoms with van der Waals surface area (Å²) in [7, 11) is 0. The van der Waals surface area contributed by atoms with Crippen LogP contribution in [0.5, 0.6) is 0 Å². The van der Waals surface area contributed by atoms with Crippen LogP contribution in [-0.4, -0.2) is 51.9 Å². The number of carboxylic acids is 1. The number of carbonyl (C=O) groups excluding carboxylic acids is 1. The molecule has 0 bridgehead atoms. The SMILES string of the molecule is CSC1CCCC1NC(=O)NCC(C)(O)C(=O)O. The van der Waals surface area contributed by atoms with Crippen LogP contribution in [0.3, 0.4) is 0 Å². The second-order valence-electron chi connectivity index (χ2n) is 4.72. The minimum Gasteiger partial charge on any atom is -0.479 e. The van der Waals surface area contributed by atoms with E-state index in [-0.39, 0.29) is 12.6 Å². The summed E-state index contributed by atoms with van der Waals surface area (Å²) in [6.07, 6.45) is 5.12. The molecule has 0 heterocycles.